The van der Waals surface area contributed by atoms with Crippen molar-refractivity contribution in [3.8, 4) is 5.69 Å². The number of alkyl halides is 3. The molecule has 30 heavy (non-hydrogen) atoms. The van der Waals surface area contributed by atoms with Crippen molar-refractivity contribution in [1.29, 1.82) is 0 Å². The zero-order valence-electron chi connectivity index (χ0n) is 16.2. The van der Waals surface area contributed by atoms with Crippen LogP contribution in [0.5, 0.6) is 0 Å². The van der Waals surface area contributed by atoms with Gasteiger partial charge in [-0.05, 0) is 37.3 Å². The molecule has 1 aromatic carbocycles. The van der Waals surface area contributed by atoms with Crippen molar-refractivity contribution in [1.82, 2.24) is 34.8 Å². The molecule has 1 aliphatic heterocycles. The van der Waals surface area contributed by atoms with E-state index in [2.05, 4.69) is 25.2 Å². The van der Waals surface area contributed by atoms with E-state index in [0.29, 0.717) is 44.0 Å². The first-order chi connectivity index (χ1) is 14.3. The molecule has 0 spiro atoms. The Morgan fingerprint density at radius 2 is 1.80 bits per heavy atom. The highest BCUT2D eigenvalue weighted by molar-refractivity contribution is 5.94. The first kappa shape index (κ1) is 20.1. The van der Waals surface area contributed by atoms with E-state index in [1.54, 1.807) is 29.2 Å². The van der Waals surface area contributed by atoms with Crippen LogP contribution < -0.4 is 0 Å². The number of carbonyl (C=O) groups is 1. The van der Waals surface area contributed by atoms with Gasteiger partial charge in [0, 0.05) is 37.9 Å². The molecular formula is C19H20F3N7O. The molecule has 8 nitrogen and oxygen atoms in total. The van der Waals surface area contributed by atoms with Gasteiger partial charge in [0.25, 0.3) is 5.91 Å². The summed E-state index contributed by atoms with van der Waals surface area (Å²) in [5, 5.41) is 10.5. The zero-order chi connectivity index (χ0) is 21.3. The Hall–Kier alpha value is -3.21. The average molecular weight is 419 g/mol. The molecule has 1 aliphatic rings. The van der Waals surface area contributed by atoms with Crippen LogP contribution in [0.25, 0.3) is 5.69 Å². The maximum Gasteiger partial charge on any atom is 0.435 e. The largest absolute Gasteiger partial charge is 0.435 e. The average Bonchev–Trinajstić information content (AvgIpc) is 3.37. The Labute approximate surface area is 170 Å². The van der Waals surface area contributed by atoms with Crippen LogP contribution in [0.4, 0.5) is 13.2 Å². The van der Waals surface area contributed by atoms with Crippen molar-refractivity contribution in [2.24, 2.45) is 0 Å². The highest BCUT2D eigenvalue weighted by Crippen LogP contribution is 2.28. The molecule has 0 bridgehead atoms. The van der Waals surface area contributed by atoms with Gasteiger partial charge in [-0.3, -0.25) is 14.8 Å². The second-order valence-corrected chi connectivity index (χ2v) is 7.10. The fourth-order valence-corrected chi connectivity index (χ4v) is 3.33. The smallest absolute Gasteiger partial charge is 0.336 e. The van der Waals surface area contributed by atoms with Gasteiger partial charge < -0.3 is 4.90 Å². The van der Waals surface area contributed by atoms with Gasteiger partial charge in [0.2, 0.25) is 0 Å². The van der Waals surface area contributed by atoms with Gasteiger partial charge >= 0.3 is 6.18 Å². The first-order valence-corrected chi connectivity index (χ1v) is 9.42. The fraction of sp³-hybridized carbons (Fsp3) is 0.368. The Bertz CT molecular complexity index is 1020. The molecular weight excluding hydrogens is 399 g/mol. The summed E-state index contributed by atoms with van der Waals surface area (Å²) in [5.74, 6) is 1.40. The molecule has 3 heterocycles. The lowest BCUT2D eigenvalue weighted by Gasteiger charge is -2.34. The molecule has 0 aliphatic carbocycles. The summed E-state index contributed by atoms with van der Waals surface area (Å²) in [6.07, 6.45) is -3.25. The normalized spacial score (nSPS) is 15.5. The summed E-state index contributed by atoms with van der Waals surface area (Å²) < 4.78 is 39.3. The second kappa shape index (κ2) is 7.90. The molecule has 1 fully saturated rings. The van der Waals surface area contributed by atoms with Crippen molar-refractivity contribution in [3.05, 3.63) is 59.4 Å². The van der Waals surface area contributed by atoms with Crippen LogP contribution in [0.2, 0.25) is 0 Å². The predicted octanol–water partition coefficient (Wildman–Crippen LogP) is 2.28. The van der Waals surface area contributed by atoms with E-state index >= 15 is 0 Å². The summed E-state index contributed by atoms with van der Waals surface area (Å²) >= 11 is 0. The monoisotopic (exact) mass is 419 g/mol. The number of halogens is 3. The highest BCUT2D eigenvalue weighted by atomic mass is 19.4. The van der Waals surface area contributed by atoms with Crippen LogP contribution in [0.1, 0.15) is 27.7 Å². The van der Waals surface area contributed by atoms with E-state index in [1.165, 1.54) is 6.20 Å². The number of hydrogen-bond acceptors (Lipinski definition) is 5. The van der Waals surface area contributed by atoms with Crippen molar-refractivity contribution >= 4 is 5.91 Å². The van der Waals surface area contributed by atoms with E-state index in [-0.39, 0.29) is 5.91 Å². The number of aryl methyl sites for hydroxylation is 1. The Kier molecular flexibility index (Phi) is 5.29. The van der Waals surface area contributed by atoms with E-state index < -0.39 is 11.9 Å². The van der Waals surface area contributed by atoms with Crippen LogP contribution in [0.15, 0.2) is 36.5 Å². The predicted molar refractivity (Wildman–Crippen MR) is 101 cm³/mol. The van der Waals surface area contributed by atoms with Gasteiger partial charge in [0.15, 0.2) is 11.5 Å². The van der Waals surface area contributed by atoms with E-state index in [9.17, 15) is 18.0 Å². The van der Waals surface area contributed by atoms with Crippen LogP contribution in [0, 0.1) is 6.92 Å². The van der Waals surface area contributed by atoms with Gasteiger partial charge in [-0.1, -0.05) is 0 Å². The Morgan fingerprint density at radius 3 is 2.37 bits per heavy atom. The molecule has 0 unspecified atom stereocenters. The lowest BCUT2D eigenvalue weighted by atomic mass is 10.1. The molecule has 1 saturated heterocycles. The summed E-state index contributed by atoms with van der Waals surface area (Å²) in [6, 6.07) is 7.30. The Morgan fingerprint density at radius 1 is 1.10 bits per heavy atom. The molecule has 4 rings (SSSR count). The minimum absolute atomic E-state index is 0.105. The summed E-state index contributed by atoms with van der Waals surface area (Å²) in [6.45, 7) is 5.07. The Balaban J connectivity index is 1.35. The fourth-order valence-electron chi connectivity index (χ4n) is 3.33. The molecule has 0 saturated carbocycles. The highest BCUT2D eigenvalue weighted by Gasteiger charge is 2.33. The van der Waals surface area contributed by atoms with E-state index in [1.807, 2.05) is 6.92 Å². The number of aromatic nitrogens is 5. The molecule has 3 aromatic rings. The number of carbonyl (C=O) groups excluding carboxylic acids is 1. The maximum atomic E-state index is 12.8. The van der Waals surface area contributed by atoms with E-state index in [0.717, 1.165) is 22.4 Å². The number of rotatable bonds is 4. The molecule has 2 aromatic heterocycles. The van der Waals surface area contributed by atoms with Gasteiger partial charge in [-0.25, -0.2) is 9.67 Å². The van der Waals surface area contributed by atoms with Crippen LogP contribution in [0.3, 0.4) is 0 Å². The van der Waals surface area contributed by atoms with Crippen molar-refractivity contribution < 1.29 is 18.0 Å². The number of benzene rings is 1. The van der Waals surface area contributed by atoms with E-state index in [4.69, 9.17) is 0 Å². The van der Waals surface area contributed by atoms with Crippen molar-refractivity contribution in [3.63, 3.8) is 0 Å². The molecule has 0 atom stereocenters. The lowest BCUT2D eigenvalue weighted by Crippen LogP contribution is -2.48. The summed E-state index contributed by atoms with van der Waals surface area (Å²) in [5.41, 5.74) is -0.0191. The topological polar surface area (TPSA) is 82.9 Å². The zero-order valence-corrected chi connectivity index (χ0v) is 16.2. The number of piperazine rings is 1. The molecule has 158 valence electrons. The summed E-state index contributed by atoms with van der Waals surface area (Å²) in [4.78, 5) is 21.0. The minimum atomic E-state index is -4.49. The lowest BCUT2D eigenvalue weighted by molar-refractivity contribution is -0.141. The van der Waals surface area contributed by atoms with Gasteiger partial charge in [0.1, 0.15) is 5.82 Å². The van der Waals surface area contributed by atoms with Crippen LogP contribution in [-0.2, 0) is 12.7 Å². The molecule has 11 heteroatoms. The molecule has 1 N–H and O–H groups in total. The van der Waals surface area contributed by atoms with Crippen molar-refractivity contribution in [2.75, 3.05) is 26.2 Å². The quantitative estimate of drug-likeness (QED) is 0.702. The number of nitrogens with zero attached hydrogens (tertiary/aromatic N) is 6. The number of aromatic amines is 1. The number of amides is 1. The molecule has 1 amide bonds. The summed E-state index contributed by atoms with van der Waals surface area (Å²) in [7, 11) is 0. The third-order valence-electron chi connectivity index (χ3n) is 4.93. The second-order valence-electron chi connectivity index (χ2n) is 7.10. The SMILES string of the molecule is Cc1nc(CN2CCN(C(=O)c3ccc(-n4ccc(C(F)(F)F)n4)cc3)CC2)n[nH]1. The van der Waals surface area contributed by atoms with Gasteiger partial charge in [0.05, 0.1) is 12.2 Å². The third-order valence-corrected chi connectivity index (χ3v) is 4.93. The van der Waals surface area contributed by atoms with Crippen molar-refractivity contribution in [2.45, 2.75) is 19.6 Å². The minimum Gasteiger partial charge on any atom is -0.336 e. The number of nitrogens with one attached hydrogen (secondary N) is 1. The maximum absolute atomic E-state index is 12.8. The third kappa shape index (κ3) is 4.35. The van der Waals surface area contributed by atoms with Crippen LogP contribution >= 0.6 is 0 Å². The number of H-pyrrole nitrogens is 1. The van der Waals surface area contributed by atoms with Gasteiger partial charge in [-0.2, -0.15) is 23.4 Å². The van der Waals surface area contributed by atoms with Crippen LogP contribution in [-0.4, -0.2) is 66.8 Å². The van der Waals surface area contributed by atoms with Gasteiger partial charge in [-0.15, -0.1) is 0 Å². The standard InChI is InChI=1S/C19H20F3N7O/c1-13-23-17(25-24-13)12-27-8-10-28(11-9-27)18(30)14-2-4-15(5-3-14)29-7-6-16(26-29)19(20,21)22/h2-7H,8-12H2,1H3,(H,23,24,25). The number of hydrogen-bond donors (Lipinski definition) is 1. The first-order valence-electron chi connectivity index (χ1n) is 9.42. The molecule has 0 radical (unpaired) electrons.